The van der Waals surface area contributed by atoms with E-state index in [4.69, 9.17) is 0 Å². The average Bonchev–Trinajstić information content (AvgIpc) is 2.70. The molecule has 0 bridgehead atoms. The first-order valence-corrected chi connectivity index (χ1v) is 10.2. The summed E-state index contributed by atoms with van der Waals surface area (Å²) in [6, 6.07) is 14.7. The Hall–Kier alpha value is -1.83. The topological polar surface area (TPSA) is 26.9 Å². The third-order valence-electron chi connectivity index (χ3n) is 6.24. The summed E-state index contributed by atoms with van der Waals surface area (Å²) in [5.41, 5.74) is 4.34. The van der Waals surface area contributed by atoms with E-state index in [1.807, 2.05) is 18.2 Å². The van der Waals surface area contributed by atoms with E-state index >= 15 is 0 Å². The summed E-state index contributed by atoms with van der Waals surface area (Å²) < 4.78 is 1.25. The van der Waals surface area contributed by atoms with Gasteiger partial charge in [-0.15, -0.1) is 0 Å². The Morgan fingerprint density at radius 2 is 1.32 bits per heavy atom. The van der Waals surface area contributed by atoms with Gasteiger partial charge in [-0.2, -0.15) is 4.73 Å². The Kier molecular flexibility index (Phi) is 5.05. The summed E-state index contributed by atoms with van der Waals surface area (Å²) in [5, 5.41) is 13.2. The fraction of sp³-hybridized carbons (Fsp3) is 0.522. The molecule has 132 valence electrons. The van der Waals surface area contributed by atoms with Crippen LogP contribution in [0.3, 0.4) is 0 Å². The van der Waals surface area contributed by atoms with Gasteiger partial charge in [0, 0.05) is 23.6 Å². The fourth-order valence-electron chi connectivity index (χ4n) is 4.79. The first-order chi connectivity index (χ1) is 12.3. The maximum absolute atomic E-state index is 13.2. The van der Waals surface area contributed by atoms with Crippen LogP contribution in [0.4, 0.5) is 0 Å². The minimum absolute atomic E-state index is 0.442. The van der Waals surface area contributed by atoms with Crippen molar-refractivity contribution in [1.82, 2.24) is 0 Å². The molecular formula is C23H29NO. The van der Waals surface area contributed by atoms with Crippen LogP contribution in [-0.2, 0) is 0 Å². The second kappa shape index (κ2) is 7.59. The van der Waals surface area contributed by atoms with Crippen LogP contribution in [0.2, 0.25) is 0 Å². The maximum atomic E-state index is 13.2. The number of pyridine rings is 1. The van der Waals surface area contributed by atoms with E-state index in [0.29, 0.717) is 11.8 Å². The van der Waals surface area contributed by atoms with Crippen LogP contribution in [0.5, 0.6) is 0 Å². The van der Waals surface area contributed by atoms with Crippen molar-refractivity contribution in [2.24, 2.45) is 0 Å². The van der Waals surface area contributed by atoms with E-state index < -0.39 is 0 Å². The Balaban J connectivity index is 1.78. The predicted molar refractivity (Wildman–Crippen MR) is 102 cm³/mol. The van der Waals surface area contributed by atoms with Crippen molar-refractivity contribution in [1.29, 1.82) is 0 Å². The lowest BCUT2D eigenvalue weighted by Crippen LogP contribution is -2.37. The SMILES string of the molecule is [O-][n+]1c(-c2ccccc2)cc(C2CCCCC2)cc1C1CCCCC1. The molecule has 0 amide bonds. The molecule has 0 saturated heterocycles. The number of benzene rings is 1. The molecule has 2 saturated carbocycles. The molecule has 25 heavy (non-hydrogen) atoms. The fourth-order valence-corrected chi connectivity index (χ4v) is 4.79. The predicted octanol–water partition coefficient (Wildman–Crippen LogP) is 6.08. The highest BCUT2D eigenvalue weighted by Gasteiger charge is 2.28. The largest absolute Gasteiger partial charge is 0.618 e. The minimum atomic E-state index is 0.442. The molecular weight excluding hydrogens is 306 g/mol. The Morgan fingerprint density at radius 1 is 0.720 bits per heavy atom. The van der Waals surface area contributed by atoms with Crippen LogP contribution >= 0.6 is 0 Å². The van der Waals surface area contributed by atoms with Crippen molar-refractivity contribution < 1.29 is 4.73 Å². The van der Waals surface area contributed by atoms with Gasteiger partial charge in [0.2, 0.25) is 5.69 Å². The van der Waals surface area contributed by atoms with Crippen LogP contribution in [0.15, 0.2) is 42.5 Å². The van der Waals surface area contributed by atoms with Crippen molar-refractivity contribution in [2.45, 2.75) is 76.0 Å². The summed E-state index contributed by atoms with van der Waals surface area (Å²) in [6.45, 7) is 0. The number of rotatable bonds is 3. The van der Waals surface area contributed by atoms with Crippen molar-refractivity contribution in [3.8, 4) is 11.3 Å². The molecule has 2 nitrogen and oxygen atoms in total. The van der Waals surface area contributed by atoms with Crippen LogP contribution in [0.1, 0.15) is 87.3 Å². The molecule has 4 rings (SSSR count). The first kappa shape index (κ1) is 16.6. The van der Waals surface area contributed by atoms with Crippen LogP contribution in [0.25, 0.3) is 11.3 Å². The lowest BCUT2D eigenvalue weighted by molar-refractivity contribution is -0.604. The smallest absolute Gasteiger partial charge is 0.224 e. The van der Waals surface area contributed by atoms with Gasteiger partial charge in [-0.05, 0) is 49.3 Å². The standard InChI is InChI=1S/C23H29NO/c25-24-22(19-12-6-2-7-13-19)16-21(18-10-4-1-5-11-18)17-23(24)20-14-8-3-9-15-20/h2,6-7,12-13,16-18,20H,1,3-5,8-11,14-15H2. The Morgan fingerprint density at radius 3 is 1.96 bits per heavy atom. The van der Waals surface area contributed by atoms with Gasteiger partial charge in [-0.25, -0.2) is 0 Å². The molecule has 0 radical (unpaired) electrons. The van der Waals surface area contributed by atoms with Crippen LogP contribution in [0, 0.1) is 5.21 Å². The summed E-state index contributed by atoms with van der Waals surface area (Å²) in [5.74, 6) is 1.08. The van der Waals surface area contributed by atoms with Gasteiger partial charge in [0.25, 0.3) is 0 Å². The number of hydrogen-bond donors (Lipinski definition) is 0. The second-order valence-corrected chi connectivity index (χ2v) is 7.93. The maximum Gasteiger partial charge on any atom is 0.224 e. The molecule has 0 atom stereocenters. The zero-order chi connectivity index (χ0) is 17.1. The molecule has 0 spiro atoms. The zero-order valence-electron chi connectivity index (χ0n) is 15.1. The molecule has 2 aromatic rings. The second-order valence-electron chi connectivity index (χ2n) is 7.93. The third kappa shape index (κ3) is 3.58. The van der Waals surface area contributed by atoms with E-state index in [1.165, 1.54) is 74.5 Å². The molecule has 2 aliphatic carbocycles. The van der Waals surface area contributed by atoms with Gasteiger partial charge in [0.1, 0.15) is 0 Å². The molecule has 1 heterocycles. The highest BCUT2D eigenvalue weighted by molar-refractivity contribution is 5.57. The van der Waals surface area contributed by atoms with Crippen LogP contribution < -0.4 is 4.73 Å². The number of aromatic nitrogens is 1. The van der Waals surface area contributed by atoms with E-state index in [0.717, 1.165) is 17.0 Å². The van der Waals surface area contributed by atoms with Crippen LogP contribution in [-0.4, -0.2) is 0 Å². The van der Waals surface area contributed by atoms with Gasteiger partial charge in [0.15, 0.2) is 5.69 Å². The lowest BCUT2D eigenvalue weighted by Gasteiger charge is -2.26. The highest BCUT2D eigenvalue weighted by atomic mass is 16.5. The quantitative estimate of drug-likeness (QED) is 0.493. The summed E-state index contributed by atoms with van der Waals surface area (Å²) >= 11 is 0. The Labute approximate surface area is 151 Å². The third-order valence-corrected chi connectivity index (χ3v) is 6.24. The zero-order valence-corrected chi connectivity index (χ0v) is 15.1. The van der Waals surface area contributed by atoms with Crippen molar-refractivity contribution in [2.75, 3.05) is 0 Å². The van der Waals surface area contributed by atoms with E-state index in [-0.39, 0.29) is 0 Å². The monoisotopic (exact) mass is 335 g/mol. The average molecular weight is 335 g/mol. The summed E-state index contributed by atoms with van der Waals surface area (Å²) in [7, 11) is 0. The molecule has 2 fully saturated rings. The molecule has 0 aliphatic heterocycles. The molecule has 1 aromatic heterocycles. The first-order valence-electron chi connectivity index (χ1n) is 10.2. The van der Waals surface area contributed by atoms with E-state index in [1.54, 1.807) is 0 Å². The Bertz CT molecular complexity index is 698. The van der Waals surface area contributed by atoms with Crippen molar-refractivity contribution >= 4 is 0 Å². The highest BCUT2D eigenvalue weighted by Crippen LogP contribution is 2.37. The molecule has 2 heteroatoms. The molecule has 0 unspecified atom stereocenters. The summed E-state index contributed by atoms with van der Waals surface area (Å²) in [4.78, 5) is 0. The van der Waals surface area contributed by atoms with Gasteiger partial charge >= 0.3 is 0 Å². The van der Waals surface area contributed by atoms with Crippen molar-refractivity contribution in [3.63, 3.8) is 0 Å². The normalized spacial score (nSPS) is 19.8. The van der Waals surface area contributed by atoms with Gasteiger partial charge in [-0.1, -0.05) is 56.7 Å². The number of hydrogen-bond acceptors (Lipinski definition) is 1. The van der Waals surface area contributed by atoms with Gasteiger partial charge in [-0.3, -0.25) is 0 Å². The van der Waals surface area contributed by atoms with Crippen molar-refractivity contribution in [3.05, 3.63) is 58.9 Å². The molecule has 2 aliphatic rings. The van der Waals surface area contributed by atoms with Gasteiger partial charge in [0.05, 0.1) is 0 Å². The molecule has 1 aromatic carbocycles. The van der Waals surface area contributed by atoms with E-state index in [9.17, 15) is 5.21 Å². The van der Waals surface area contributed by atoms with Gasteiger partial charge < -0.3 is 5.21 Å². The number of nitrogens with zero attached hydrogens (tertiary/aromatic N) is 1. The van der Waals surface area contributed by atoms with E-state index in [2.05, 4.69) is 24.3 Å². The lowest BCUT2D eigenvalue weighted by atomic mass is 9.81. The molecule has 0 N–H and O–H groups in total. The minimum Gasteiger partial charge on any atom is -0.618 e. The summed E-state index contributed by atoms with van der Waals surface area (Å²) in [6.07, 6.45) is 12.8.